The maximum Gasteiger partial charge on any atom is 0.273 e. The maximum atomic E-state index is 12.5. The monoisotopic (exact) mass is 328 g/mol. The number of carbonyl (C=O) groups excluding carboxylic acids is 1. The van der Waals surface area contributed by atoms with Crippen molar-refractivity contribution in [3.63, 3.8) is 0 Å². The van der Waals surface area contributed by atoms with E-state index in [0.717, 1.165) is 15.4 Å². The number of hydrogen-bond donors (Lipinski definition) is 0. The van der Waals surface area contributed by atoms with Gasteiger partial charge >= 0.3 is 0 Å². The molecule has 22 heavy (non-hydrogen) atoms. The third kappa shape index (κ3) is 3.10. The van der Waals surface area contributed by atoms with Crippen molar-refractivity contribution < 1.29 is 4.79 Å². The van der Waals surface area contributed by atoms with Crippen LogP contribution in [0, 0.1) is 6.92 Å². The fourth-order valence-corrected chi connectivity index (χ4v) is 3.80. The fraction of sp³-hybridized carbons (Fsp3) is 0.176. The molecule has 0 spiro atoms. The highest BCUT2D eigenvalue weighted by molar-refractivity contribution is 7.20. The summed E-state index contributed by atoms with van der Waals surface area (Å²) in [5.74, 6) is -0.0395. The Morgan fingerprint density at radius 3 is 2.73 bits per heavy atom. The van der Waals surface area contributed by atoms with Crippen molar-refractivity contribution in [3.8, 4) is 9.88 Å². The van der Waals surface area contributed by atoms with Crippen molar-refractivity contribution in [2.45, 2.75) is 13.5 Å². The molecule has 0 N–H and O–H groups in total. The van der Waals surface area contributed by atoms with E-state index in [1.165, 1.54) is 16.9 Å². The van der Waals surface area contributed by atoms with Gasteiger partial charge in [-0.2, -0.15) is 0 Å². The van der Waals surface area contributed by atoms with Gasteiger partial charge in [-0.3, -0.25) is 4.79 Å². The van der Waals surface area contributed by atoms with Crippen molar-refractivity contribution in [1.29, 1.82) is 0 Å². The van der Waals surface area contributed by atoms with E-state index in [2.05, 4.69) is 24.0 Å². The van der Waals surface area contributed by atoms with Gasteiger partial charge in [0.25, 0.3) is 5.91 Å². The second-order valence-corrected chi connectivity index (χ2v) is 6.91. The van der Waals surface area contributed by atoms with Gasteiger partial charge in [-0.15, -0.1) is 22.7 Å². The van der Waals surface area contributed by atoms with Crippen LogP contribution >= 0.6 is 22.7 Å². The smallest absolute Gasteiger partial charge is 0.273 e. The molecule has 0 radical (unpaired) electrons. The Morgan fingerprint density at radius 2 is 2.00 bits per heavy atom. The summed E-state index contributed by atoms with van der Waals surface area (Å²) in [6.45, 7) is 2.66. The Kier molecular flexibility index (Phi) is 4.36. The van der Waals surface area contributed by atoms with Gasteiger partial charge in [-0.1, -0.05) is 30.3 Å². The Hall–Kier alpha value is -1.98. The molecular formula is C17H16N2OS2. The molecule has 0 aliphatic rings. The average molecular weight is 328 g/mol. The molecule has 0 saturated heterocycles. The van der Waals surface area contributed by atoms with Crippen LogP contribution in [0.15, 0.2) is 47.2 Å². The summed E-state index contributed by atoms with van der Waals surface area (Å²) in [5, 5.41) is 4.76. The van der Waals surface area contributed by atoms with Gasteiger partial charge in [-0.25, -0.2) is 4.98 Å². The number of aromatic nitrogens is 1. The highest BCUT2D eigenvalue weighted by Gasteiger charge is 2.17. The Labute approximate surface area is 137 Å². The predicted molar refractivity (Wildman–Crippen MR) is 92.4 cm³/mol. The number of nitrogens with zero attached hydrogens (tertiary/aromatic N) is 2. The van der Waals surface area contributed by atoms with E-state index < -0.39 is 0 Å². The first-order chi connectivity index (χ1) is 10.6. The third-order valence-electron chi connectivity index (χ3n) is 3.47. The molecule has 5 heteroatoms. The molecular weight excluding hydrogens is 312 g/mol. The van der Waals surface area contributed by atoms with Crippen LogP contribution in [0.25, 0.3) is 9.88 Å². The van der Waals surface area contributed by atoms with E-state index in [4.69, 9.17) is 0 Å². The lowest BCUT2D eigenvalue weighted by atomic mass is 10.1. The zero-order chi connectivity index (χ0) is 15.5. The van der Waals surface area contributed by atoms with Crippen LogP contribution in [-0.2, 0) is 6.54 Å². The zero-order valence-electron chi connectivity index (χ0n) is 12.4. The van der Waals surface area contributed by atoms with E-state index in [0.29, 0.717) is 12.2 Å². The summed E-state index contributed by atoms with van der Waals surface area (Å²) in [7, 11) is 1.82. The Balaban J connectivity index is 1.75. The minimum Gasteiger partial charge on any atom is -0.336 e. The molecule has 0 aliphatic carbocycles. The molecule has 0 atom stereocenters. The first kappa shape index (κ1) is 14.9. The summed E-state index contributed by atoms with van der Waals surface area (Å²) in [6, 6.07) is 12.1. The van der Waals surface area contributed by atoms with Crippen LogP contribution in [0.1, 0.15) is 21.6 Å². The molecule has 2 aromatic heterocycles. The lowest BCUT2D eigenvalue weighted by Crippen LogP contribution is -2.26. The van der Waals surface area contributed by atoms with Crippen LogP contribution < -0.4 is 0 Å². The van der Waals surface area contributed by atoms with Gasteiger partial charge < -0.3 is 4.90 Å². The highest BCUT2D eigenvalue weighted by Crippen LogP contribution is 2.28. The number of amides is 1. The lowest BCUT2D eigenvalue weighted by molar-refractivity contribution is 0.0780. The van der Waals surface area contributed by atoms with Gasteiger partial charge in [0.15, 0.2) is 0 Å². The van der Waals surface area contributed by atoms with E-state index in [1.54, 1.807) is 16.2 Å². The minimum absolute atomic E-state index is 0.0395. The van der Waals surface area contributed by atoms with Gasteiger partial charge in [0.05, 0.1) is 4.88 Å². The number of benzene rings is 1. The quantitative estimate of drug-likeness (QED) is 0.709. The minimum atomic E-state index is -0.0395. The largest absolute Gasteiger partial charge is 0.336 e. The molecule has 1 amide bonds. The summed E-state index contributed by atoms with van der Waals surface area (Å²) in [4.78, 5) is 19.8. The van der Waals surface area contributed by atoms with E-state index >= 15 is 0 Å². The molecule has 0 saturated carbocycles. The van der Waals surface area contributed by atoms with Gasteiger partial charge in [0, 0.05) is 19.0 Å². The fourth-order valence-electron chi connectivity index (χ4n) is 2.20. The van der Waals surface area contributed by atoms with Crippen LogP contribution in [0.3, 0.4) is 0 Å². The third-order valence-corrected chi connectivity index (χ3v) is 5.35. The second kappa shape index (κ2) is 6.42. The molecule has 0 fully saturated rings. The Bertz CT molecular complexity index is 778. The number of rotatable bonds is 4. The van der Waals surface area contributed by atoms with Crippen LogP contribution in [0.5, 0.6) is 0 Å². The van der Waals surface area contributed by atoms with Gasteiger partial charge in [-0.05, 0) is 29.5 Å². The van der Waals surface area contributed by atoms with Crippen molar-refractivity contribution >= 4 is 28.6 Å². The van der Waals surface area contributed by atoms with Crippen LogP contribution in [0.4, 0.5) is 0 Å². The first-order valence-electron chi connectivity index (χ1n) is 6.94. The normalized spacial score (nSPS) is 10.6. The molecule has 0 aliphatic heterocycles. The van der Waals surface area contributed by atoms with Gasteiger partial charge in [0.1, 0.15) is 10.7 Å². The summed E-state index contributed by atoms with van der Waals surface area (Å²) < 4.78 is 0. The predicted octanol–water partition coefficient (Wildman–Crippen LogP) is 4.45. The summed E-state index contributed by atoms with van der Waals surface area (Å²) in [6.07, 6.45) is 0. The number of thiazole rings is 1. The zero-order valence-corrected chi connectivity index (χ0v) is 14.1. The number of thiophene rings is 1. The van der Waals surface area contributed by atoms with Crippen LogP contribution in [0.2, 0.25) is 0 Å². The number of hydrogen-bond acceptors (Lipinski definition) is 4. The number of aryl methyl sites for hydroxylation is 1. The van der Waals surface area contributed by atoms with Crippen LogP contribution in [-0.4, -0.2) is 22.8 Å². The first-order valence-corrected chi connectivity index (χ1v) is 8.70. The SMILES string of the molecule is Cc1ccccc1CN(C)C(=O)c1csc(-c2cccs2)n1. The molecule has 0 bridgehead atoms. The topological polar surface area (TPSA) is 33.2 Å². The molecule has 2 heterocycles. The molecule has 112 valence electrons. The summed E-state index contributed by atoms with van der Waals surface area (Å²) >= 11 is 3.15. The molecule has 0 unspecified atom stereocenters. The van der Waals surface area contributed by atoms with E-state index in [1.807, 2.05) is 42.1 Å². The molecule has 3 rings (SSSR count). The maximum absolute atomic E-state index is 12.5. The van der Waals surface area contributed by atoms with Crippen molar-refractivity contribution in [2.24, 2.45) is 0 Å². The van der Waals surface area contributed by atoms with Gasteiger partial charge in [0.2, 0.25) is 0 Å². The lowest BCUT2D eigenvalue weighted by Gasteiger charge is -2.17. The van der Waals surface area contributed by atoms with Crippen molar-refractivity contribution in [1.82, 2.24) is 9.88 Å². The standard InChI is InChI=1S/C17H16N2OS2/c1-12-6-3-4-7-13(12)10-19(2)17(20)14-11-22-16(18-14)15-8-5-9-21-15/h3-9,11H,10H2,1-2H3. The number of carbonyl (C=O) groups is 1. The van der Waals surface area contributed by atoms with E-state index in [-0.39, 0.29) is 5.91 Å². The second-order valence-electron chi connectivity index (χ2n) is 5.10. The summed E-state index contributed by atoms with van der Waals surface area (Å²) in [5.41, 5.74) is 2.87. The van der Waals surface area contributed by atoms with Crippen molar-refractivity contribution in [2.75, 3.05) is 7.05 Å². The van der Waals surface area contributed by atoms with E-state index in [9.17, 15) is 4.79 Å². The Morgan fingerprint density at radius 1 is 1.18 bits per heavy atom. The average Bonchev–Trinajstić information content (AvgIpc) is 3.19. The molecule has 3 nitrogen and oxygen atoms in total. The highest BCUT2D eigenvalue weighted by atomic mass is 32.1. The molecule has 3 aromatic rings. The van der Waals surface area contributed by atoms with Crippen molar-refractivity contribution in [3.05, 3.63) is 64.0 Å². The molecule has 1 aromatic carbocycles.